The van der Waals surface area contributed by atoms with Crippen LogP contribution in [-0.4, -0.2) is 123 Å². The highest BCUT2D eigenvalue weighted by molar-refractivity contribution is 6.03. The van der Waals surface area contributed by atoms with Gasteiger partial charge in [-0.3, -0.25) is 4.79 Å². The van der Waals surface area contributed by atoms with Crippen molar-refractivity contribution in [1.82, 2.24) is 0 Å². The molecule has 14 nitrogen and oxygen atoms in total. The number of methoxy groups -OCH3 is 1. The maximum Gasteiger partial charge on any atom is 0.229 e. The Balaban J connectivity index is 1.28. The van der Waals surface area contributed by atoms with Crippen molar-refractivity contribution in [1.29, 1.82) is 0 Å². The molecule has 11 unspecified atom stereocenters. The third-order valence-corrected chi connectivity index (χ3v) is 7.27. The van der Waals surface area contributed by atoms with Gasteiger partial charge in [-0.25, -0.2) is 0 Å². The van der Waals surface area contributed by atoms with Crippen LogP contribution in [0.25, 0.3) is 0 Å². The van der Waals surface area contributed by atoms with Crippen molar-refractivity contribution in [2.45, 2.75) is 67.5 Å². The smallest absolute Gasteiger partial charge is 0.229 e. The molecular formula is C27H32O14. The van der Waals surface area contributed by atoms with Crippen molar-refractivity contribution < 1.29 is 69.0 Å². The van der Waals surface area contributed by atoms with Crippen molar-refractivity contribution in [3.05, 3.63) is 53.6 Å². The van der Waals surface area contributed by atoms with Crippen LogP contribution in [0.15, 0.2) is 42.5 Å². The minimum absolute atomic E-state index is 0.0804. The van der Waals surface area contributed by atoms with Gasteiger partial charge in [0, 0.05) is 6.07 Å². The fourth-order valence-electron chi connectivity index (χ4n) is 4.82. The largest absolute Gasteiger partial charge is 0.497 e. The molecule has 14 heteroatoms. The molecule has 0 radical (unpaired) electrons. The second-order valence-electron chi connectivity index (χ2n) is 9.99. The quantitative estimate of drug-likeness (QED) is 0.189. The first-order valence-electron chi connectivity index (χ1n) is 12.9. The number of carbonyl (C=O) groups is 1. The highest BCUT2D eigenvalue weighted by atomic mass is 16.7. The third-order valence-electron chi connectivity index (χ3n) is 7.27. The molecule has 3 heterocycles. The second-order valence-corrected chi connectivity index (χ2v) is 9.99. The Kier molecular flexibility index (Phi) is 8.77. The maximum absolute atomic E-state index is 12.9. The molecule has 2 saturated heterocycles. The fraction of sp³-hybridized carbons (Fsp3) is 0.519. The van der Waals surface area contributed by atoms with Gasteiger partial charge < -0.3 is 64.2 Å². The van der Waals surface area contributed by atoms with E-state index in [1.807, 2.05) is 0 Å². The summed E-state index contributed by atoms with van der Waals surface area (Å²) in [5, 5.41) is 71.4. The lowest BCUT2D eigenvalue weighted by molar-refractivity contribution is -0.307. The van der Waals surface area contributed by atoms with Crippen LogP contribution in [0.5, 0.6) is 17.2 Å². The topological polar surface area (TPSA) is 214 Å². The van der Waals surface area contributed by atoms with Crippen LogP contribution in [-0.2, 0) is 14.2 Å². The first kappa shape index (κ1) is 29.6. The van der Waals surface area contributed by atoms with Gasteiger partial charge in [-0.2, -0.15) is 0 Å². The Bertz CT molecular complexity index is 1210. The highest BCUT2D eigenvalue weighted by Crippen LogP contribution is 2.38. The lowest BCUT2D eigenvalue weighted by Crippen LogP contribution is -2.61. The van der Waals surface area contributed by atoms with Crippen LogP contribution in [0.3, 0.4) is 0 Å². The van der Waals surface area contributed by atoms with Gasteiger partial charge in [-0.1, -0.05) is 12.1 Å². The summed E-state index contributed by atoms with van der Waals surface area (Å²) in [7, 11) is 1.51. The number of Topliss-reactive ketones (excluding diaryl/α,β-unsaturated/α-hetero) is 1. The predicted molar refractivity (Wildman–Crippen MR) is 134 cm³/mol. The molecule has 224 valence electrons. The van der Waals surface area contributed by atoms with Gasteiger partial charge in [-0.05, 0) is 29.8 Å². The third kappa shape index (κ3) is 5.89. The lowest BCUT2D eigenvalue weighted by Gasteiger charge is -2.41. The average Bonchev–Trinajstić information content (AvgIpc) is 2.98. The summed E-state index contributed by atoms with van der Waals surface area (Å²) in [4.78, 5) is 12.9. The van der Waals surface area contributed by atoms with Gasteiger partial charge in [0.15, 0.2) is 24.3 Å². The van der Waals surface area contributed by atoms with Crippen molar-refractivity contribution >= 4 is 5.78 Å². The van der Waals surface area contributed by atoms with E-state index in [9.17, 15) is 40.5 Å². The van der Waals surface area contributed by atoms with E-state index in [-0.39, 0.29) is 23.7 Å². The van der Waals surface area contributed by atoms with Crippen LogP contribution in [0.4, 0.5) is 0 Å². The molecule has 0 aromatic heterocycles. The standard InChI is InChI=1S/C27H32O14/c1-36-12-4-2-11(3-5-12)25-22(33)18(29)14-7-6-13(8-16(14)40-25)39-27-24(35)21(32)20(31)17(41-27)10-38-26-23(34)19(30)15(28)9-37-26/h2-8,15,17,19-28,30-35H,9-10H2,1H3. The molecule has 2 aromatic carbocycles. The number of aliphatic hydroxyl groups excluding tert-OH is 7. The van der Waals surface area contributed by atoms with E-state index in [0.717, 1.165) is 0 Å². The van der Waals surface area contributed by atoms with Crippen LogP contribution in [0.1, 0.15) is 22.0 Å². The number of carbonyl (C=O) groups excluding carboxylic acids is 1. The van der Waals surface area contributed by atoms with E-state index in [1.54, 1.807) is 24.3 Å². The van der Waals surface area contributed by atoms with E-state index in [1.165, 1.54) is 25.3 Å². The molecule has 3 aliphatic rings. The van der Waals surface area contributed by atoms with E-state index in [2.05, 4.69) is 0 Å². The molecular weight excluding hydrogens is 548 g/mol. The Morgan fingerprint density at radius 3 is 2.22 bits per heavy atom. The Morgan fingerprint density at radius 2 is 1.51 bits per heavy atom. The number of hydrogen-bond acceptors (Lipinski definition) is 14. The summed E-state index contributed by atoms with van der Waals surface area (Å²) in [5.74, 6) is 0.209. The van der Waals surface area contributed by atoms with Crippen LogP contribution in [0, 0.1) is 0 Å². The Morgan fingerprint density at radius 1 is 0.829 bits per heavy atom. The number of hydrogen-bond donors (Lipinski definition) is 7. The van der Waals surface area contributed by atoms with Gasteiger partial charge >= 0.3 is 0 Å². The van der Waals surface area contributed by atoms with Gasteiger partial charge in [0.05, 0.1) is 25.9 Å². The summed E-state index contributed by atoms with van der Waals surface area (Å²) in [5.41, 5.74) is 0.642. The normalized spacial score (nSPS) is 37.2. The molecule has 11 atom stereocenters. The average molecular weight is 581 g/mol. The van der Waals surface area contributed by atoms with Crippen LogP contribution in [0.2, 0.25) is 0 Å². The minimum atomic E-state index is -1.71. The molecule has 5 rings (SSSR count). The lowest BCUT2D eigenvalue weighted by atomic mass is 9.93. The predicted octanol–water partition coefficient (Wildman–Crippen LogP) is -1.99. The molecule has 41 heavy (non-hydrogen) atoms. The van der Waals surface area contributed by atoms with Crippen LogP contribution >= 0.6 is 0 Å². The van der Waals surface area contributed by atoms with Gasteiger partial charge in [0.1, 0.15) is 60.0 Å². The molecule has 0 saturated carbocycles. The molecule has 2 aromatic rings. The first-order valence-corrected chi connectivity index (χ1v) is 12.9. The number of ketones is 1. The van der Waals surface area contributed by atoms with Gasteiger partial charge in [0.25, 0.3) is 0 Å². The zero-order valence-corrected chi connectivity index (χ0v) is 21.8. The molecule has 2 fully saturated rings. The zero-order valence-electron chi connectivity index (χ0n) is 21.8. The summed E-state index contributed by atoms with van der Waals surface area (Å²) >= 11 is 0. The van der Waals surface area contributed by atoms with Crippen molar-refractivity contribution in [3.8, 4) is 17.2 Å². The number of aliphatic hydroxyl groups is 7. The van der Waals surface area contributed by atoms with Gasteiger partial charge in [0.2, 0.25) is 6.29 Å². The molecule has 0 spiro atoms. The SMILES string of the molecule is COc1ccc(C2Oc3cc(OC4OC(COC5OCC(O)C(O)C5O)C(O)C(O)C4O)ccc3C(=O)C2O)cc1. The van der Waals surface area contributed by atoms with Crippen molar-refractivity contribution in [3.63, 3.8) is 0 Å². The number of benzene rings is 2. The van der Waals surface area contributed by atoms with E-state index in [4.69, 9.17) is 28.4 Å². The molecule has 0 amide bonds. The highest BCUT2D eigenvalue weighted by Gasteiger charge is 2.46. The number of ether oxygens (including phenoxy) is 6. The summed E-state index contributed by atoms with van der Waals surface area (Å²) in [6.45, 7) is -0.748. The second kappa shape index (κ2) is 12.1. The fourth-order valence-corrected chi connectivity index (χ4v) is 4.82. The van der Waals surface area contributed by atoms with Crippen molar-refractivity contribution in [2.24, 2.45) is 0 Å². The first-order chi connectivity index (χ1) is 19.6. The number of rotatable bonds is 7. The Hall–Kier alpha value is -2.89. The van der Waals surface area contributed by atoms with E-state index < -0.39 is 79.9 Å². The molecule has 0 aliphatic carbocycles. The monoisotopic (exact) mass is 580 g/mol. The Labute approximate surface area is 233 Å². The van der Waals surface area contributed by atoms with Crippen LogP contribution < -0.4 is 14.2 Å². The summed E-state index contributed by atoms with van der Waals surface area (Å²) < 4.78 is 33.0. The molecule has 7 N–H and O–H groups in total. The summed E-state index contributed by atoms with van der Waals surface area (Å²) in [6, 6.07) is 10.8. The number of fused-ring (bicyclic) bond motifs is 1. The van der Waals surface area contributed by atoms with Gasteiger partial charge in [-0.15, -0.1) is 0 Å². The maximum atomic E-state index is 12.9. The van der Waals surface area contributed by atoms with E-state index >= 15 is 0 Å². The zero-order chi connectivity index (χ0) is 29.4. The van der Waals surface area contributed by atoms with Crippen molar-refractivity contribution in [2.75, 3.05) is 20.3 Å². The minimum Gasteiger partial charge on any atom is -0.497 e. The summed E-state index contributed by atoms with van der Waals surface area (Å²) in [6.07, 6.45) is -16.0. The molecule has 3 aliphatic heterocycles. The molecule has 0 bridgehead atoms. The van der Waals surface area contributed by atoms with E-state index in [0.29, 0.717) is 11.3 Å².